The standard InChI is InChI=1S/C24H31N3O3/c1-24(2,3)21-13-22(28)27(16-25-21)14-17-8-10-26(11-9-17)23(29)20-12-18-6-4-5-7-19(18)15-30-20/h4-7,13,16-17,20H,8-12,14-15H2,1-3H3. The number of carbonyl (C=O) groups excluding carboxylic acids is 1. The summed E-state index contributed by atoms with van der Waals surface area (Å²) < 4.78 is 7.56. The van der Waals surface area contributed by atoms with Crippen LogP contribution in [0.5, 0.6) is 0 Å². The van der Waals surface area contributed by atoms with E-state index >= 15 is 0 Å². The van der Waals surface area contributed by atoms with E-state index in [9.17, 15) is 9.59 Å². The molecule has 1 fully saturated rings. The van der Waals surface area contributed by atoms with E-state index in [-0.39, 0.29) is 23.0 Å². The lowest BCUT2D eigenvalue weighted by atomic mass is 9.92. The molecule has 3 heterocycles. The maximum absolute atomic E-state index is 12.9. The molecule has 0 bridgehead atoms. The Balaban J connectivity index is 1.32. The van der Waals surface area contributed by atoms with E-state index in [0.717, 1.165) is 18.5 Å². The summed E-state index contributed by atoms with van der Waals surface area (Å²) in [6.07, 6.45) is 3.72. The molecule has 2 aliphatic rings. The van der Waals surface area contributed by atoms with Crippen molar-refractivity contribution in [3.8, 4) is 0 Å². The van der Waals surface area contributed by atoms with Gasteiger partial charge in [0.1, 0.15) is 6.10 Å². The minimum atomic E-state index is -0.381. The number of amides is 1. The van der Waals surface area contributed by atoms with Crippen molar-refractivity contribution in [1.82, 2.24) is 14.5 Å². The van der Waals surface area contributed by atoms with Gasteiger partial charge in [0.05, 0.1) is 18.6 Å². The first-order valence-electron chi connectivity index (χ1n) is 10.9. The summed E-state index contributed by atoms with van der Waals surface area (Å²) in [5.41, 5.74) is 3.08. The van der Waals surface area contributed by atoms with Gasteiger partial charge >= 0.3 is 0 Å². The molecule has 0 aliphatic carbocycles. The second kappa shape index (κ2) is 8.34. The molecule has 30 heavy (non-hydrogen) atoms. The molecule has 1 atom stereocenters. The third-order valence-corrected chi connectivity index (χ3v) is 6.27. The van der Waals surface area contributed by atoms with Gasteiger partial charge in [-0.1, -0.05) is 45.0 Å². The van der Waals surface area contributed by atoms with Crippen LogP contribution in [0.1, 0.15) is 50.4 Å². The number of hydrogen-bond acceptors (Lipinski definition) is 4. The quantitative estimate of drug-likeness (QED) is 0.782. The van der Waals surface area contributed by atoms with Crippen LogP contribution in [0.2, 0.25) is 0 Å². The number of nitrogens with zero attached hydrogens (tertiary/aromatic N) is 3. The van der Waals surface area contributed by atoms with Gasteiger partial charge in [-0.3, -0.25) is 14.2 Å². The van der Waals surface area contributed by atoms with Crippen molar-refractivity contribution in [1.29, 1.82) is 0 Å². The molecular formula is C24H31N3O3. The predicted molar refractivity (Wildman–Crippen MR) is 115 cm³/mol. The normalized spacial score (nSPS) is 20.1. The second-order valence-electron chi connectivity index (χ2n) is 9.56. The summed E-state index contributed by atoms with van der Waals surface area (Å²) in [5, 5.41) is 0. The van der Waals surface area contributed by atoms with Gasteiger partial charge in [0.15, 0.2) is 0 Å². The molecule has 6 heteroatoms. The van der Waals surface area contributed by atoms with Crippen molar-refractivity contribution in [2.45, 2.75) is 64.7 Å². The third kappa shape index (κ3) is 4.48. The fourth-order valence-electron chi connectivity index (χ4n) is 4.30. The molecule has 160 valence electrons. The van der Waals surface area contributed by atoms with Crippen LogP contribution in [0.3, 0.4) is 0 Å². The molecule has 0 saturated carbocycles. The fraction of sp³-hybridized carbons (Fsp3) is 0.542. The summed E-state index contributed by atoms with van der Waals surface area (Å²) in [6, 6.07) is 9.82. The number of aromatic nitrogens is 2. The number of fused-ring (bicyclic) bond motifs is 1. The molecule has 4 rings (SSSR count). The van der Waals surface area contributed by atoms with E-state index in [1.807, 2.05) is 17.0 Å². The highest BCUT2D eigenvalue weighted by Gasteiger charge is 2.31. The minimum Gasteiger partial charge on any atom is -0.363 e. The Morgan fingerprint density at radius 1 is 1.17 bits per heavy atom. The lowest BCUT2D eigenvalue weighted by Crippen LogP contribution is -2.47. The molecule has 0 radical (unpaired) electrons. The van der Waals surface area contributed by atoms with Gasteiger partial charge in [-0.15, -0.1) is 0 Å². The highest BCUT2D eigenvalue weighted by molar-refractivity contribution is 5.81. The van der Waals surface area contributed by atoms with Crippen LogP contribution in [0, 0.1) is 5.92 Å². The van der Waals surface area contributed by atoms with Crippen LogP contribution < -0.4 is 5.56 Å². The zero-order valence-electron chi connectivity index (χ0n) is 18.1. The van der Waals surface area contributed by atoms with Gasteiger partial charge in [-0.05, 0) is 29.9 Å². The summed E-state index contributed by atoms with van der Waals surface area (Å²) in [7, 11) is 0. The Bertz CT molecular complexity index is 968. The Hall–Kier alpha value is -2.47. The molecule has 0 N–H and O–H groups in total. The van der Waals surface area contributed by atoms with E-state index in [1.54, 1.807) is 17.0 Å². The predicted octanol–water partition coefficient (Wildman–Crippen LogP) is 2.92. The Kier molecular flexibility index (Phi) is 5.78. The van der Waals surface area contributed by atoms with Crippen LogP contribution in [0.4, 0.5) is 0 Å². The third-order valence-electron chi connectivity index (χ3n) is 6.27. The average molecular weight is 410 g/mol. The molecule has 2 aromatic rings. The molecule has 1 aromatic heterocycles. The van der Waals surface area contributed by atoms with Crippen molar-refractivity contribution in [2.24, 2.45) is 5.92 Å². The maximum atomic E-state index is 12.9. The van der Waals surface area contributed by atoms with E-state index in [0.29, 0.717) is 38.6 Å². The van der Waals surface area contributed by atoms with Crippen LogP contribution >= 0.6 is 0 Å². The highest BCUT2D eigenvalue weighted by Crippen LogP contribution is 2.25. The van der Waals surface area contributed by atoms with Crippen molar-refractivity contribution in [3.05, 3.63) is 63.8 Å². The maximum Gasteiger partial charge on any atom is 0.253 e. The minimum absolute atomic E-state index is 0.00250. The second-order valence-corrected chi connectivity index (χ2v) is 9.56. The first kappa shape index (κ1) is 20.8. The zero-order valence-corrected chi connectivity index (χ0v) is 18.1. The number of ether oxygens (including phenoxy) is 1. The zero-order chi connectivity index (χ0) is 21.3. The monoisotopic (exact) mass is 409 g/mol. The molecule has 1 amide bonds. The Morgan fingerprint density at radius 2 is 1.87 bits per heavy atom. The molecular weight excluding hydrogens is 378 g/mol. The first-order chi connectivity index (χ1) is 14.3. The van der Waals surface area contributed by atoms with E-state index < -0.39 is 0 Å². The largest absolute Gasteiger partial charge is 0.363 e. The van der Waals surface area contributed by atoms with Crippen molar-refractivity contribution < 1.29 is 9.53 Å². The Labute approximate surface area is 177 Å². The molecule has 1 aromatic carbocycles. The molecule has 6 nitrogen and oxygen atoms in total. The van der Waals surface area contributed by atoms with Gasteiger partial charge in [0, 0.05) is 37.5 Å². The summed E-state index contributed by atoms with van der Waals surface area (Å²) >= 11 is 0. The molecule has 1 saturated heterocycles. The topological polar surface area (TPSA) is 64.4 Å². The van der Waals surface area contributed by atoms with Gasteiger partial charge in [-0.2, -0.15) is 0 Å². The van der Waals surface area contributed by atoms with Crippen LogP contribution in [0.25, 0.3) is 0 Å². The van der Waals surface area contributed by atoms with E-state index in [4.69, 9.17) is 4.74 Å². The van der Waals surface area contributed by atoms with Crippen molar-refractivity contribution in [3.63, 3.8) is 0 Å². The van der Waals surface area contributed by atoms with Crippen LogP contribution in [-0.4, -0.2) is 39.6 Å². The van der Waals surface area contributed by atoms with Gasteiger partial charge in [0.25, 0.3) is 11.5 Å². The van der Waals surface area contributed by atoms with Crippen molar-refractivity contribution >= 4 is 5.91 Å². The lowest BCUT2D eigenvalue weighted by Gasteiger charge is -2.35. The number of benzene rings is 1. The molecule has 2 aliphatic heterocycles. The van der Waals surface area contributed by atoms with Gasteiger partial charge in [0.2, 0.25) is 0 Å². The van der Waals surface area contributed by atoms with Crippen LogP contribution in [0.15, 0.2) is 41.5 Å². The van der Waals surface area contributed by atoms with Crippen LogP contribution in [-0.2, 0) is 34.5 Å². The summed E-state index contributed by atoms with van der Waals surface area (Å²) in [5.74, 6) is 0.471. The lowest BCUT2D eigenvalue weighted by molar-refractivity contribution is -0.147. The smallest absolute Gasteiger partial charge is 0.253 e. The highest BCUT2D eigenvalue weighted by atomic mass is 16.5. The summed E-state index contributed by atoms with van der Waals surface area (Å²) in [4.78, 5) is 31.8. The Morgan fingerprint density at radius 3 is 2.53 bits per heavy atom. The first-order valence-corrected chi connectivity index (χ1v) is 10.9. The van der Waals surface area contributed by atoms with Gasteiger partial charge in [-0.25, -0.2) is 4.98 Å². The summed E-state index contributed by atoms with van der Waals surface area (Å²) in [6.45, 7) is 8.76. The molecule has 0 spiro atoms. The number of hydrogen-bond donors (Lipinski definition) is 0. The van der Waals surface area contributed by atoms with Gasteiger partial charge < -0.3 is 9.64 Å². The number of likely N-dealkylation sites (tertiary alicyclic amines) is 1. The van der Waals surface area contributed by atoms with E-state index in [1.165, 1.54) is 11.1 Å². The fourth-order valence-corrected chi connectivity index (χ4v) is 4.30. The SMILES string of the molecule is CC(C)(C)c1cc(=O)n(CC2CCN(C(=O)C3Cc4ccccc4CO3)CC2)cn1. The van der Waals surface area contributed by atoms with Crippen molar-refractivity contribution in [2.75, 3.05) is 13.1 Å². The number of rotatable bonds is 3. The molecule has 1 unspecified atom stereocenters. The van der Waals surface area contributed by atoms with E-state index in [2.05, 4.69) is 37.9 Å². The number of piperidine rings is 1. The average Bonchev–Trinajstić information content (AvgIpc) is 2.74. The number of carbonyl (C=O) groups is 1.